The Morgan fingerprint density at radius 3 is 2.79 bits per heavy atom. The second-order valence-electron chi connectivity index (χ2n) is 8.89. The molecular weight excluding hydrogens is 419 g/mol. The third kappa shape index (κ3) is 7.01. The van der Waals surface area contributed by atoms with Gasteiger partial charge in [-0.15, -0.1) is 0 Å². The topological polar surface area (TPSA) is 68.5 Å². The van der Waals surface area contributed by atoms with Crippen LogP contribution in [0.1, 0.15) is 64.5 Å². The van der Waals surface area contributed by atoms with Gasteiger partial charge in [-0.3, -0.25) is 14.5 Å². The molecule has 6 nitrogen and oxygen atoms in total. The Balaban J connectivity index is 1.50. The minimum atomic E-state index is -0.414. The van der Waals surface area contributed by atoms with Crippen LogP contribution < -0.4 is 10.1 Å². The summed E-state index contributed by atoms with van der Waals surface area (Å²) in [4.78, 5) is 17.1. The quantitative estimate of drug-likeness (QED) is 0.469. The van der Waals surface area contributed by atoms with Gasteiger partial charge in [0.05, 0.1) is 12.8 Å². The number of unbranched alkanes of at least 4 members (excludes halogenated alkanes) is 2. The normalized spacial score (nSPS) is 13.6. The number of aliphatic imine (C=N–C) groups is 1. The van der Waals surface area contributed by atoms with Crippen LogP contribution in [-0.2, 0) is 11.3 Å². The molecule has 0 spiro atoms. The molecule has 1 amide bonds. The van der Waals surface area contributed by atoms with Crippen molar-refractivity contribution in [2.24, 2.45) is 4.99 Å². The van der Waals surface area contributed by atoms with Crippen LogP contribution in [-0.4, -0.2) is 41.6 Å². The molecule has 1 aromatic carbocycles. The van der Waals surface area contributed by atoms with Crippen LogP contribution in [0.25, 0.3) is 11.3 Å². The summed E-state index contributed by atoms with van der Waals surface area (Å²) in [7, 11) is 1.44. The van der Waals surface area contributed by atoms with Gasteiger partial charge in [0.25, 0.3) is 0 Å². The number of benzene rings is 1. The van der Waals surface area contributed by atoms with Crippen LogP contribution in [0.5, 0.6) is 5.75 Å². The average Bonchev–Trinajstić information content (AvgIpc) is 3.20. The van der Waals surface area contributed by atoms with Crippen molar-refractivity contribution in [2.75, 3.05) is 20.2 Å². The first-order chi connectivity index (χ1) is 15.9. The maximum atomic E-state index is 13.8. The first-order valence-electron chi connectivity index (χ1n) is 11.8. The van der Waals surface area contributed by atoms with Gasteiger partial charge in [-0.2, -0.15) is 5.10 Å². The molecule has 0 saturated carbocycles. The Morgan fingerprint density at radius 1 is 1.24 bits per heavy atom. The lowest BCUT2D eigenvalue weighted by Gasteiger charge is -2.11. The molecule has 0 aliphatic carbocycles. The van der Waals surface area contributed by atoms with Gasteiger partial charge in [0.1, 0.15) is 6.54 Å². The highest BCUT2D eigenvalue weighted by Crippen LogP contribution is 2.28. The van der Waals surface area contributed by atoms with Crippen molar-refractivity contribution in [3.8, 4) is 17.0 Å². The molecule has 1 aliphatic rings. The molecule has 7 heteroatoms. The van der Waals surface area contributed by atoms with Crippen LogP contribution in [0.2, 0.25) is 0 Å². The zero-order valence-corrected chi connectivity index (χ0v) is 20.2. The molecule has 0 atom stereocenters. The van der Waals surface area contributed by atoms with Crippen molar-refractivity contribution in [1.82, 2.24) is 15.1 Å². The second kappa shape index (κ2) is 11.8. The van der Waals surface area contributed by atoms with Crippen molar-refractivity contribution in [3.63, 3.8) is 0 Å². The number of ether oxygens (including phenoxy) is 1. The van der Waals surface area contributed by atoms with Crippen molar-refractivity contribution in [3.05, 3.63) is 47.4 Å². The molecule has 2 heterocycles. The van der Waals surface area contributed by atoms with E-state index in [4.69, 9.17) is 4.74 Å². The third-order valence-electron chi connectivity index (χ3n) is 5.81. The molecule has 0 bridgehead atoms. The number of nitrogens with zero attached hydrogens (tertiary/aromatic N) is 3. The van der Waals surface area contributed by atoms with E-state index < -0.39 is 5.82 Å². The molecule has 2 aromatic rings. The SMILES string of the molecule is COc1cc(-c2cc(C(C)C)n(CC(=O)NCCCCCC3=NCCC(C)=C3)n2)ccc1F. The van der Waals surface area contributed by atoms with E-state index in [0.717, 1.165) is 49.9 Å². The number of aromatic nitrogens is 2. The summed E-state index contributed by atoms with van der Waals surface area (Å²) >= 11 is 0. The van der Waals surface area contributed by atoms with E-state index in [1.54, 1.807) is 16.8 Å². The molecule has 0 unspecified atom stereocenters. The van der Waals surface area contributed by atoms with E-state index in [0.29, 0.717) is 12.2 Å². The van der Waals surface area contributed by atoms with Crippen LogP contribution in [0, 0.1) is 5.82 Å². The lowest BCUT2D eigenvalue weighted by molar-refractivity contribution is -0.121. The number of allylic oxidation sites excluding steroid dienone is 1. The van der Waals surface area contributed by atoms with E-state index in [2.05, 4.69) is 42.3 Å². The summed E-state index contributed by atoms with van der Waals surface area (Å²) in [5.74, 6) is -0.102. The summed E-state index contributed by atoms with van der Waals surface area (Å²) in [5.41, 5.74) is 5.02. The van der Waals surface area contributed by atoms with E-state index >= 15 is 0 Å². The number of rotatable bonds is 11. The third-order valence-corrected chi connectivity index (χ3v) is 5.81. The number of hydrogen-bond acceptors (Lipinski definition) is 4. The van der Waals surface area contributed by atoms with E-state index in [1.807, 2.05) is 6.07 Å². The molecule has 0 radical (unpaired) electrons. The van der Waals surface area contributed by atoms with Gasteiger partial charge in [-0.25, -0.2) is 4.39 Å². The van der Waals surface area contributed by atoms with Crippen molar-refractivity contribution in [2.45, 2.75) is 65.3 Å². The Kier molecular flexibility index (Phi) is 8.80. The number of dihydropyridines is 1. The molecule has 0 fully saturated rings. The zero-order chi connectivity index (χ0) is 23.8. The highest BCUT2D eigenvalue weighted by Gasteiger charge is 2.16. The van der Waals surface area contributed by atoms with E-state index in [9.17, 15) is 9.18 Å². The van der Waals surface area contributed by atoms with Gasteiger partial charge in [0.2, 0.25) is 5.91 Å². The maximum absolute atomic E-state index is 13.8. The fraction of sp³-hybridized carbons (Fsp3) is 0.500. The average molecular weight is 455 g/mol. The van der Waals surface area contributed by atoms with Crippen LogP contribution in [0.3, 0.4) is 0 Å². The Bertz CT molecular complexity index is 1020. The van der Waals surface area contributed by atoms with E-state index in [-0.39, 0.29) is 24.1 Å². The second-order valence-corrected chi connectivity index (χ2v) is 8.89. The smallest absolute Gasteiger partial charge is 0.241 e. The molecule has 178 valence electrons. The van der Waals surface area contributed by atoms with Crippen LogP contribution in [0.4, 0.5) is 4.39 Å². The standard InChI is InChI=1S/C26H35FN4O2/c1-18(2)24-16-23(20-9-10-22(27)25(15-20)33-4)30-31(24)17-26(32)29-12-7-5-6-8-21-14-19(3)11-13-28-21/h9-10,14-16,18H,5-8,11-13,17H2,1-4H3,(H,29,32). The Hall–Kier alpha value is -2.96. The highest BCUT2D eigenvalue weighted by atomic mass is 19.1. The molecule has 1 aliphatic heterocycles. The van der Waals surface area contributed by atoms with Crippen molar-refractivity contribution < 1.29 is 13.9 Å². The summed E-state index contributed by atoms with van der Waals surface area (Å²) in [6, 6.07) is 6.62. The first-order valence-corrected chi connectivity index (χ1v) is 11.8. The lowest BCUT2D eigenvalue weighted by Crippen LogP contribution is -2.29. The zero-order valence-electron chi connectivity index (χ0n) is 20.2. The monoisotopic (exact) mass is 454 g/mol. The number of halogens is 1. The minimum Gasteiger partial charge on any atom is -0.494 e. The summed E-state index contributed by atoms with van der Waals surface area (Å²) in [6.07, 6.45) is 7.37. The van der Waals surface area contributed by atoms with E-state index in [1.165, 1.54) is 24.5 Å². The Morgan fingerprint density at radius 2 is 2.06 bits per heavy atom. The van der Waals surface area contributed by atoms with Crippen LogP contribution >= 0.6 is 0 Å². The van der Waals surface area contributed by atoms with Gasteiger partial charge in [-0.1, -0.05) is 25.8 Å². The minimum absolute atomic E-state index is 0.0570. The van der Waals surface area contributed by atoms with Crippen molar-refractivity contribution >= 4 is 11.6 Å². The summed E-state index contributed by atoms with van der Waals surface area (Å²) in [6.45, 7) is 8.01. The Labute approximate surface area is 195 Å². The first kappa shape index (κ1) is 24.7. The predicted molar refractivity (Wildman–Crippen MR) is 130 cm³/mol. The summed E-state index contributed by atoms with van der Waals surface area (Å²) in [5, 5.41) is 7.63. The maximum Gasteiger partial charge on any atom is 0.241 e. The molecule has 33 heavy (non-hydrogen) atoms. The fourth-order valence-electron chi connectivity index (χ4n) is 3.94. The number of carbonyl (C=O) groups is 1. The van der Waals surface area contributed by atoms with Gasteiger partial charge < -0.3 is 10.1 Å². The van der Waals surface area contributed by atoms with Gasteiger partial charge in [0.15, 0.2) is 11.6 Å². The number of carbonyl (C=O) groups excluding carboxylic acids is 1. The molecule has 3 rings (SSSR count). The van der Waals surface area contributed by atoms with Gasteiger partial charge >= 0.3 is 0 Å². The number of amides is 1. The highest BCUT2D eigenvalue weighted by molar-refractivity contribution is 5.96. The largest absolute Gasteiger partial charge is 0.494 e. The van der Waals surface area contributed by atoms with Gasteiger partial charge in [0, 0.05) is 30.1 Å². The summed E-state index contributed by atoms with van der Waals surface area (Å²) < 4.78 is 20.6. The lowest BCUT2D eigenvalue weighted by atomic mass is 10.0. The van der Waals surface area contributed by atoms with Gasteiger partial charge in [-0.05, 0) is 68.9 Å². The molecule has 1 aromatic heterocycles. The molecule has 1 N–H and O–H groups in total. The number of hydrogen-bond donors (Lipinski definition) is 1. The molecule has 0 saturated heterocycles. The number of methoxy groups -OCH3 is 1. The van der Waals surface area contributed by atoms with Crippen LogP contribution in [0.15, 0.2) is 40.9 Å². The molecular formula is C26H35FN4O2. The fourth-order valence-corrected chi connectivity index (χ4v) is 3.94. The van der Waals surface area contributed by atoms with Crippen molar-refractivity contribution in [1.29, 1.82) is 0 Å². The number of nitrogens with one attached hydrogen (secondary N) is 1. The predicted octanol–water partition coefficient (Wildman–Crippen LogP) is 5.29.